The van der Waals surface area contributed by atoms with E-state index in [1.54, 1.807) is 17.4 Å². The van der Waals surface area contributed by atoms with Crippen molar-refractivity contribution in [2.75, 3.05) is 13.1 Å². The van der Waals surface area contributed by atoms with Crippen molar-refractivity contribution >= 4 is 28.8 Å². The van der Waals surface area contributed by atoms with Gasteiger partial charge >= 0.3 is 0 Å². The second-order valence-corrected chi connectivity index (χ2v) is 8.52. The standard InChI is InChI=1S/C21H22ClN3O2S/c22-17-5-3-15(4-6-17)14-25-9-7-16(8-10-25)19-12-20(27-24-19)21(26)23-13-18-2-1-11-28-18/h1-6,11-12,16H,7-10,13-14H2,(H,23,26). The average Bonchev–Trinajstić information content (AvgIpc) is 3.41. The molecule has 1 amide bonds. The minimum Gasteiger partial charge on any atom is -0.351 e. The van der Waals surface area contributed by atoms with Gasteiger partial charge in [0.15, 0.2) is 0 Å². The lowest BCUT2D eigenvalue weighted by Crippen LogP contribution is -2.32. The van der Waals surface area contributed by atoms with Crippen molar-refractivity contribution in [3.8, 4) is 0 Å². The third kappa shape index (κ3) is 4.82. The molecular formula is C21H22ClN3O2S. The van der Waals surface area contributed by atoms with Gasteiger partial charge in [0.2, 0.25) is 5.76 Å². The Morgan fingerprint density at radius 3 is 2.75 bits per heavy atom. The first kappa shape index (κ1) is 19.2. The van der Waals surface area contributed by atoms with Crippen molar-refractivity contribution < 1.29 is 9.32 Å². The van der Waals surface area contributed by atoms with E-state index in [-0.39, 0.29) is 11.7 Å². The molecule has 1 aliphatic rings. The summed E-state index contributed by atoms with van der Waals surface area (Å²) < 4.78 is 5.30. The number of thiophene rings is 1. The van der Waals surface area contributed by atoms with Crippen molar-refractivity contribution in [3.63, 3.8) is 0 Å². The molecule has 146 valence electrons. The number of benzene rings is 1. The van der Waals surface area contributed by atoms with Gasteiger partial charge in [0.1, 0.15) is 0 Å². The summed E-state index contributed by atoms with van der Waals surface area (Å²) in [6, 6.07) is 13.8. The average molecular weight is 416 g/mol. The van der Waals surface area contributed by atoms with Crippen LogP contribution in [-0.2, 0) is 13.1 Å². The van der Waals surface area contributed by atoms with Crippen LogP contribution < -0.4 is 5.32 Å². The normalized spacial score (nSPS) is 15.6. The Kier molecular flexibility index (Phi) is 6.10. The molecule has 1 saturated heterocycles. The predicted octanol–water partition coefficient (Wildman–Crippen LogP) is 4.70. The maximum absolute atomic E-state index is 12.3. The highest BCUT2D eigenvalue weighted by molar-refractivity contribution is 7.09. The summed E-state index contributed by atoms with van der Waals surface area (Å²) in [7, 11) is 0. The molecule has 2 aromatic heterocycles. The summed E-state index contributed by atoms with van der Waals surface area (Å²) in [5.41, 5.74) is 2.15. The van der Waals surface area contributed by atoms with Crippen molar-refractivity contribution in [2.24, 2.45) is 0 Å². The number of piperidine rings is 1. The first-order chi connectivity index (χ1) is 13.7. The van der Waals surface area contributed by atoms with Gasteiger partial charge in [-0.3, -0.25) is 9.69 Å². The third-order valence-electron chi connectivity index (χ3n) is 5.08. The van der Waals surface area contributed by atoms with Gasteiger partial charge in [0, 0.05) is 28.4 Å². The lowest BCUT2D eigenvalue weighted by atomic mass is 9.93. The largest absolute Gasteiger partial charge is 0.351 e. The summed E-state index contributed by atoms with van der Waals surface area (Å²) >= 11 is 7.57. The molecule has 1 aromatic carbocycles. The van der Waals surface area contributed by atoms with E-state index in [9.17, 15) is 4.79 Å². The zero-order valence-corrected chi connectivity index (χ0v) is 17.0. The molecule has 0 aliphatic carbocycles. The number of aromatic nitrogens is 1. The molecule has 1 fully saturated rings. The lowest BCUT2D eigenvalue weighted by molar-refractivity contribution is 0.0914. The Morgan fingerprint density at radius 1 is 1.25 bits per heavy atom. The first-order valence-electron chi connectivity index (χ1n) is 9.41. The van der Waals surface area contributed by atoms with Crippen LogP contribution in [0.1, 0.15) is 45.4 Å². The van der Waals surface area contributed by atoms with Crippen LogP contribution >= 0.6 is 22.9 Å². The zero-order chi connectivity index (χ0) is 19.3. The van der Waals surface area contributed by atoms with E-state index in [0.29, 0.717) is 12.5 Å². The quantitative estimate of drug-likeness (QED) is 0.634. The maximum atomic E-state index is 12.3. The number of amides is 1. The highest BCUT2D eigenvalue weighted by atomic mass is 35.5. The number of hydrogen-bond donors (Lipinski definition) is 1. The minimum absolute atomic E-state index is 0.215. The molecule has 5 nitrogen and oxygen atoms in total. The Bertz CT molecular complexity index is 900. The number of nitrogens with one attached hydrogen (secondary N) is 1. The summed E-state index contributed by atoms with van der Waals surface area (Å²) in [5, 5.41) is 9.79. The molecule has 3 heterocycles. The number of nitrogens with zero attached hydrogens (tertiary/aromatic N) is 2. The second kappa shape index (κ2) is 8.90. The molecular weight excluding hydrogens is 394 g/mol. The van der Waals surface area contributed by atoms with Crippen molar-refractivity contribution in [1.82, 2.24) is 15.4 Å². The van der Waals surface area contributed by atoms with E-state index in [2.05, 4.69) is 27.5 Å². The third-order valence-corrected chi connectivity index (χ3v) is 6.21. The highest BCUT2D eigenvalue weighted by Gasteiger charge is 2.24. The number of likely N-dealkylation sites (tertiary alicyclic amines) is 1. The van der Waals surface area contributed by atoms with Crippen molar-refractivity contribution in [3.05, 3.63) is 74.8 Å². The molecule has 1 aliphatic heterocycles. The van der Waals surface area contributed by atoms with E-state index in [1.807, 2.05) is 29.6 Å². The van der Waals surface area contributed by atoms with Crippen LogP contribution in [0.4, 0.5) is 0 Å². The van der Waals surface area contributed by atoms with Gasteiger partial charge in [-0.25, -0.2) is 0 Å². The molecule has 7 heteroatoms. The van der Waals surface area contributed by atoms with E-state index < -0.39 is 0 Å². The van der Waals surface area contributed by atoms with E-state index in [1.165, 1.54) is 5.56 Å². The summed E-state index contributed by atoms with van der Waals surface area (Å²) in [5.74, 6) is 0.409. The molecule has 0 unspecified atom stereocenters. The minimum atomic E-state index is -0.215. The van der Waals surface area contributed by atoms with Gasteiger partial charge in [-0.1, -0.05) is 35.0 Å². The lowest BCUT2D eigenvalue weighted by Gasteiger charge is -2.31. The molecule has 4 rings (SSSR count). The molecule has 0 radical (unpaired) electrons. The molecule has 0 bridgehead atoms. The SMILES string of the molecule is O=C(NCc1cccs1)c1cc(C2CCN(Cc3ccc(Cl)cc3)CC2)no1. The van der Waals surface area contributed by atoms with E-state index in [0.717, 1.165) is 48.1 Å². The molecule has 0 spiro atoms. The van der Waals surface area contributed by atoms with Crippen LogP contribution in [0.5, 0.6) is 0 Å². The number of hydrogen-bond acceptors (Lipinski definition) is 5. The van der Waals surface area contributed by atoms with Crippen LogP contribution in [0.25, 0.3) is 0 Å². The van der Waals surface area contributed by atoms with Crippen LogP contribution in [-0.4, -0.2) is 29.1 Å². The molecule has 0 saturated carbocycles. The molecule has 1 N–H and O–H groups in total. The fraction of sp³-hybridized carbons (Fsp3) is 0.333. The highest BCUT2D eigenvalue weighted by Crippen LogP contribution is 2.28. The first-order valence-corrected chi connectivity index (χ1v) is 10.7. The second-order valence-electron chi connectivity index (χ2n) is 7.05. The van der Waals surface area contributed by atoms with Crippen LogP contribution in [0.2, 0.25) is 5.02 Å². The van der Waals surface area contributed by atoms with Gasteiger partial charge in [0.05, 0.1) is 12.2 Å². The number of carbonyl (C=O) groups is 1. The van der Waals surface area contributed by atoms with Crippen LogP contribution in [0, 0.1) is 0 Å². The van der Waals surface area contributed by atoms with Gasteiger partial charge in [-0.2, -0.15) is 0 Å². The van der Waals surface area contributed by atoms with Gasteiger partial charge in [-0.15, -0.1) is 11.3 Å². The zero-order valence-electron chi connectivity index (χ0n) is 15.4. The van der Waals surface area contributed by atoms with E-state index >= 15 is 0 Å². The predicted molar refractivity (Wildman–Crippen MR) is 111 cm³/mol. The maximum Gasteiger partial charge on any atom is 0.290 e. The Balaban J connectivity index is 1.27. The van der Waals surface area contributed by atoms with Gasteiger partial charge in [0.25, 0.3) is 5.91 Å². The van der Waals surface area contributed by atoms with Crippen molar-refractivity contribution in [1.29, 1.82) is 0 Å². The van der Waals surface area contributed by atoms with E-state index in [4.69, 9.17) is 16.1 Å². The fourth-order valence-corrected chi connectivity index (χ4v) is 4.26. The Labute approximate surface area is 173 Å². The summed E-state index contributed by atoms with van der Waals surface area (Å²) in [6.45, 7) is 3.44. The molecule has 0 atom stereocenters. The molecule has 28 heavy (non-hydrogen) atoms. The fourth-order valence-electron chi connectivity index (χ4n) is 3.49. The monoisotopic (exact) mass is 415 g/mol. The van der Waals surface area contributed by atoms with Crippen LogP contribution in [0.3, 0.4) is 0 Å². The number of halogens is 1. The smallest absolute Gasteiger partial charge is 0.290 e. The van der Waals surface area contributed by atoms with Crippen LogP contribution in [0.15, 0.2) is 52.4 Å². The molecule has 3 aromatic rings. The Hall–Kier alpha value is -2.15. The van der Waals surface area contributed by atoms with Crippen molar-refractivity contribution in [2.45, 2.75) is 31.8 Å². The summed E-state index contributed by atoms with van der Waals surface area (Å²) in [6.07, 6.45) is 2.02. The topological polar surface area (TPSA) is 58.4 Å². The number of rotatable bonds is 6. The Morgan fingerprint density at radius 2 is 2.04 bits per heavy atom. The number of carbonyl (C=O) groups excluding carboxylic acids is 1. The van der Waals surface area contributed by atoms with Gasteiger partial charge in [-0.05, 0) is 55.1 Å². The van der Waals surface area contributed by atoms with Gasteiger partial charge < -0.3 is 9.84 Å². The summed E-state index contributed by atoms with van der Waals surface area (Å²) in [4.78, 5) is 15.8.